The number of aryl methyl sites for hydroxylation is 1. The van der Waals surface area contributed by atoms with Gasteiger partial charge in [0.05, 0.1) is 6.20 Å². The summed E-state index contributed by atoms with van der Waals surface area (Å²) in [5.41, 5.74) is 0.332. The van der Waals surface area contributed by atoms with Crippen LogP contribution in [-0.2, 0) is 0 Å². The molecule has 15 heavy (non-hydrogen) atoms. The second kappa shape index (κ2) is 4.00. The number of ether oxygens (including phenoxy) is 1. The Labute approximate surface area is 86.5 Å². The van der Waals surface area contributed by atoms with Crippen LogP contribution in [0.25, 0.3) is 0 Å². The third-order valence-corrected chi connectivity index (χ3v) is 2.59. The van der Waals surface area contributed by atoms with Crippen molar-refractivity contribution >= 4 is 0 Å². The molecule has 2 unspecified atom stereocenters. The Bertz CT molecular complexity index is 405. The molecule has 0 aromatic carbocycles. The summed E-state index contributed by atoms with van der Waals surface area (Å²) in [5.74, 6) is 0.268. The second-order valence-electron chi connectivity index (χ2n) is 3.86. The number of halogens is 1. The smallest absolute Gasteiger partial charge is 0.306 e. The number of nitrogens with zero attached hydrogens (tertiary/aromatic N) is 1. The highest BCUT2D eigenvalue weighted by molar-refractivity contribution is 5.26. The van der Waals surface area contributed by atoms with Crippen molar-refractivity contribution in [2.45, 2.75) is 38.5 Å². The van der Waals surface area contributed by atoms with Crippen molar-refractivity contribution in [3.05, 3.63) is 22.1 Å². The first-order valence-electron chi connectivity index (χ1n) is 5.02. The molecule has 0 amide bonds. The van der Waals surface area contributed by atoms with E-state index in [1.165, 1.54) is 6.20 Å². The Kier molecular flexibility index (Phi) is 2.70. The van der Waals surface area contributed by atoms with Gasteiger partial charge < -0.3 is 4.74 Å². The first-order valence-corrected chi connectivity index (χ1v) is 5.02. The van der Waals surface area contributed by atoms with Crippen LogP contribution in [0.4, 0.5) is 4.39 Å². The van der Waals surface area contributed by atoms with Crippen molar-refractivity contribution in [3.63, 3.8) is 0 Å². The first kappa shape index (κ1) is 10.1. The minimum Gasteiger partial charge on any atom is -0.484 e. The molecule has 1 N–H and O–H groups in total. The maximum atomic E-state index is 12.9. The fraction of sp³-hybridized carbons (Fsp3) is 0.600. The maximum absolute atomic E-state index is 12.9. The lowest BCUT2D eigenvalue weighted by Crippen LogP contribution is -2.20. The van der Waals surface area contributed by atoms with E-state index < -0.39 is 6.17 Å². The molecule has 1 aromatic rings. The molecule has 4 nitrogen and oxygen atoms in total. The lowest BCUT2D eigenvalue weighted by atomic mass is 10.3. The van der Waals surface area contributed by atoms with E-state index in [0.717, 1.165) is 0 Å². The number of H-pyrrole nitrogens is 1. The van der Waals surface area contributed by atoms with Crippen molar-refractivity contribution in [3.8, 4) is 5.75 Å². The minimum absolute atomic E-state index is 0.179. The highest BCUT2D eigenvalue weighted by Crippen LogP contribution is 2.26. The number of rotatable bonds is 2. The Morgan fingerprint density at radius 3 is 3.00 bits per heavy atom. The molecule has 1 saturated carbocycles. The normalized spacial score (nSPS) is 25.5. The van der Waals surface area contributed by atoms with Gasteiger partial charge in [-0.1, -0.05) is 0 Å². The highest BCUT2D eigenvalue weighted by Gasteiger charge is 2.26. The van der Waals surface area contributed by atoms with Crippen LogP contribution >= 0.6 is 0 Å². The molecule has 1 aliphatic rings. The number of aromatic nitrogens is 2. The summed E-state index contributed by atoms with van der Waals surface area (Å²) in [4.78, 5) is 11.4. The van der Waals surface area contributed by atoms with E-state index in [1.54, 1.807) is 6.92 Å². The van der Waals surface area contributed by atoms with Crippen LogP contribution in [0, 0.1) is 6.92 Å². The molecule has 0 saturated heterocycles. The summed E-state index contributed by atoms with van der Waals surface area (Å²) in [5, 5.41) is 5.94. The molecular formula is C10H13FN2O2. The molecule has 82 valence electrons. The Balaban J connectivity index is 2.14. The monoisotopic (exact) mass is 212 g/mol. The predicted molar refractivity (Wildman–Crippen MR) is 52.8 cm³/mol. The standard InChI is InChI=1S/C10H13FN2O2/c1-6-5-12-13-10(14)9(6)15-8-3-2-7(11)4-8/h5,7-8H,2-4H2,1H3,(H,13,14). The summed E-state index contributed by atoms with van der Waals surface area (Å²) in [6, 6.07) is 0. The molecule has 0 spiro atoms. The molecule has 0 radical (unpaired) electrons. The molecule has 1 heterocycles. The molecule has 5 heteroatoms. The predicted octanol–water partition coefficient (Wildman–Crippen LogP) is 1.35. The first-order chi connectivity index (χ1) is 7.16. The van der Waals surface area contributed by atoms with E-state index in [2.05, 4.69) is 10.2 Å². The van der Waals surface area contributed by atoms with Crippen LogP contribution in [0.2, 0.25) is 0 Å². The summed E-state index contributed by atoms with van der Waals surface area (Å²) in [7, 11) is 0. The van der Waals surface area contributed by atoms with Crippen molar-refractivity contribution in [1.82, 2.24) is 10.2 Å². The van der Waals surface area contributed by atoms with Gasteiger partial charge in [-0.2, -0.15) is 5.10 Å². The molecule has 2 atom stereocenters. The zero-order chi connectivity index (χ0) is 10.8. The topological polar surface area (TPSA) is 55.0 Å². The van der Waals surface area contributed by atoms with Gasteiger partial charge in [0.15, 0.2) is 5.75 Å². The fourth-order valence-corrected chi connectivity index (χ4v) is 1.78. The largest absolute Gasteiger partial charge is 0.484 e. The third kappa shape index (κ3) is 2.16. The number of hydrogen-bond donors (Lipinski definition) is 1. The van der Waals surface area contributed by atoms with Crippen LogP contribution in [0.5, 0.6) is 5.75 Å². The SMILES string of the molecule is Cc1cn[nH]c(=O)c1OC1CCC(F)C1. The van der Waals surface area contributed by atoms with Gasteiger partial charge in [0.2, 0.25) is 0 Å². The zero-order valence-electron chi connectivity index (χ0n) is 8.50. The van der Waals surface area contributed by atoms with Crippen molar-refractivity contribution in [2.75, 3.05) is 0 Å². The second-order valence-corrected chi connectivity index (χ2v) is 3.86. The fourth-order valence-electron chi connectivity index (χ4n) is 1.78. The van der Waals surface area contributed by atoms with Gasteiger partial charge in [0.25, 0.3) is 0 Å². The third-order valence-electron chi connectivity index (χ3n) is 2.59. The molecule has 1 fully saturated rings. The van der Waals surface area contributed by atoms with Crippen LogP contribution in [-0.4, -0.2) is 22.5 Å². The lowest BCUT2D eigenvalue weighted by molar-refractivity contribution is 0.192. The number of alkyl halides is 1. The van der Waals surface area contributed by atoms with Gasteiger partial charge in [-0.3, -0.25) is 4.79 Å². The van der Waals surface area contributed by atoms with Crippen LogP contribution < -0.4 is 10.3 Å². The van der Waals surface area contributed by atoms with E-state index >= 15 is 0 Å². The average molecular weight is 212 g/mol. The van der Waals surface area contributed by atoms with E-state index in [4.69, 9.17) is 4.74 Å². The van der Waals surface area contributed by atoms with Gasteiger partial charge >= 0.3 is 5.56 Å². The Hall–Kier alpha value is -1.39. The number of aromatic amines is 1. The minimum atomic E-state index is -0.795. The van der Waals surface area contributed by atoms with E-state index in [0.29, 0.717) is 24.8 Å². The molecule has 1 aromatic heterocycles. The molecule has 1 aliphatic carbocycles. The highest BCUT2D eigenvalue weighted by atomic mass is 19.1. The van der Waals surface area contributed by atoms with E-state index in [1.807, 2.05) is 0 Å². The van der Waals surface area contributed by atoms with Crippen LogP contribution in [0.15, 0.2) is 11.0 Å². The van der Waals surface area contributed by atoms with Crippen molar-refractivity contribution < 1.29 is 9.13 Å². The lowest BCUT2D eigenvalue weighted by Gasteiger charge is -2.13. The summed E-state index contributed by atoms with van der Waals surface area (Å²) in [6.07, 6.45) is 2.12. The van der Waals surface area contributed by atoms with E-state index in [9.17, 15) is 9.18 Å². The Morgan fingerprint density at radius 1 is 1.60 bits per heavy atom. The molecule has 0 aliphatic heterocycles. The zero-order valence-corrected chi connectivity index (χ0v) is 8.50. The summed E-state index contributed by atoms with van der Waals surface area (Å²) in [6.45, 7) is 1.75. The quantitative estimate of drug-likeness (QED) is 0.805. The molecular weight excluding hydrogens is 199 g/mol. The van der Waals surface area contributed by atoms with Crippen LogP contribution in [0.3, 0.4) is 0 Å². The summed E-state index contributed by atoms with van der Waals surface area (Å²) >= 11 is 0. The van der Waals surface area contributed by atoms with Gasteiger partial charge in [0.1, 0.15) is 12.3 Å². The van der Waals surface area contributed by atoms with Gasteiger partial charge in [-0.25, -0.2) is 9.49 Å². The van der Waals surface area contributed by atoms with Gasteiger partial charge in [-0.05, 0) is 19.8 Å². The number of nitrogens with one attached hydrogen (secondary N) is 1. The van der Waals surface area contributed by atoms with Gasteiger partial charge in [0, 0.05) is 12.0 Å². The van der Waals surface area contributed by atoms with E-state index in [-0.39, 0.29) is 17.4 Å². The number of hydrogen-bond acceptors (Lipinski definition) is 3. The van der Waals surface area contributed by atoms with Crippen molar-refractivity contribution in [2.24, 2.45) is 0 Å². The molecule has 0 bridgehead atoms. The maximum Gasteiger partial charge on any atom is 0.306 e. The summed E-state index contributed by atoms with van der Waals surface area (Å²) < 4.78 is 18.4. The average Bonchev–Trinajstić information content (AvgIpc) is 2.58. The Morgan fingerprint density at radius 2 is 2.40 bits per heavy atom. The van der Waals surface area contributed by atoms with Crippen molar-refractivity contribution in [1.29, 1.82) is 0 Å². The molecule has 2 rings (SSSR count). The van der Waals surface area contributed by atoms with Crippen LogP contribution in [0.1, 0.15) is 24.8 Å². The van der Waals surface area contributed by atoms with Gasteiger partial charge in [-0.15, -0.1) is 0 Å².